The molecule has 1 aromatic heterocycles. The van der Waals surface area contributed by atoms with Gasteiger partial charge >= 0.3 is 0 Å². The van der Waals surface area contributed by atoms with Crippen LogP contribution in [0.1, 0.15) is 6.92 Å². The van der Waals surface area contributed by atoms with Gasteiger partial charge < -0.3 is 9.64 Å². The molecule has 4 heteroatoms. The first-order valence-electron chi connectivity index (χ1n) is 8.24. The summed E-state index contributed by atoms with van der Waals surface area (Å²) in [7, 11) is 0. The fourth-order valence-corrected chi connectivity index (χ4v) is 3.75. The molecule has 0 N–H and O–H groups in total. The standard InChI is InChI=1S/C18H23N3O/c1-14-12-21(13-17(14)20-8-10-22-11-9-20)18-7-6-15-4-2-3-5-16(15)19-18/h2-7,14,17H,8-13H2,1H3. The van der Waals surface area contributed by atoms with E-state index >= 15 is 0 Å². The Balaban J connectivity index is 1.54. The minimum Gasteiger partial charge on any atom is -0.379 e. The third kappa shape index (κ3) is 2.57. The number of pyridine rings is 1. The van der Waals surface area contributed by atoms with E-state index in [1.807, 2.05) is 0 Å². The van der Waals surface area contributed by atoms with Crippen LogP contribution in [-0.2, 0) is 4.74 Å². The van der Waals surface area contributed by atoms with Crippen molar-refractivity contribution < 1.29 is 4.74 Å². The summed E-state index contributed by atoms with van der Waals surface area (Å²) >= 11 is 0. The number of fused-ring (bicyclic) bond motifs is 1. The van der Waals surface area contributed by atoms with Gasteiger partial charge in [-0.1, -0.05) is 25.1 Å². The highest BCUT2D eigenvalue weighted by atomic mass is 16.5. The molecule has 2 aromatic rings. The Morgan fingerprint density at radius 3 is 2.73 bits per heavy atom. The average molecular weight is 297 g/mol. The molecule has 0 spiro atoms. The van der Waals surface area contributed by atoms with Gasteiger partial charge in [0.05, 0.1) is 18.7 Å². The maximum Gasteiger partial charge on any atom is 0.129 e. The van der Waals surface area contributed by atoms with Crippen LogP contribution in [0.15, 0.2) is 36.4 Å². The normalized spacial score (nSPS) is 26.7. The van der Waals surface area contributed by atoms with Crippen molar-refractivity contribution in [1.82, 2.24) is 9.88 Å². The Morgan fingerprint density at radius 1 is 1.05 bits per heavy atom. The predicted octanol–water partition coefficient (Wildman–Crippen LogP) is 2.39. The summed E-state index contributed by atoms with van der Waals surface area (Å²) in [6.45, 7) is 8.40. The van der Waals surface area contributed by atoms with E-state index in [4.69, 9.17) is 9.72 Å². The zero-order valence-corrected chi connectivity index (χ0v) is 13.1. The van der Waals surface area contributed by atoms with E-state index in [1.54, 1.807) is 0 Å². The van der Waals surface area contributed by atoms with Crippen molar-refractivity contribution >= 4 is 16.7 Å². The highest BCUT2D eigenvalue weighted by Gasteiger charge is 2.35. The molecule has 2 atom stereocenters. The van der Waals surface area contributed by atoms with Crippen LogP contribution in [-0.4, -0.2) is 55.3 Å². The lowest BCUT2D eigenvalue weighted by Gasteiger charge is -2.34. The summed E-state index contributed by atoms with van der Waals surface area (Å²) in [6, 6.07) is 13.3. The van der Waals surface area contributed by atoms with E-state index < -0.39 is 0 Å². The molecule has 2 saturated heterocycles. The molecule has 4 nitrogen and oxygen atoms in total. The minimum absolute atomic E-state index is 0.622. The second-order valence-corrected chi connectivity index (χ2v) is 6.46. The molecule has 0 saturated carbocycles. The largest absolute Gasteiger partial charge is 0.379 e. The van der Waals surface area contributed by atoms with Gasteiger partial charge in [-0.3, -0.25) is 4.90 Å². The Labute approximate surface area is 131 Å². The van der Waals surface area contributed by atoms with Crippen LogP contribution in [0.2, 0.25) is 0 Å². The van der Waals surface area contributed by atoms with Gasteiger partial charge in [0.2, 0.25) is 0 Å². The molecule has 116 valence electrons. The Morgan fingerprint density at radius 2 is 1.86 bits per heavy atom. The van der Waals surface area contributed by atoms with Crippen LogP contribution in [0, 0.1) is 5.92 Å². The van der Waals surface area contributed by atoms with Crippen LogP contribution in [0.4, 0.5) is 5.82 Å². The van der Waals surface area contributed by atoms with E-state index in [-0.39, 0.29) is 0 Å². The number of benzene rings is 1. The van der Waals surface area contributed by atoms with Crippen molar-refractivity contribution in [2.45, 2.75) is 13.0 Å². The number of morpholine rings is 1. The van der Waals surface area contributed by atoms with E-state index in [2.05, 4.69) is 53.1 Å². The first-order valence-corrected chi connectivity index (χ1v) is 8.24. The first kappa shape index (κ1) is 14.0. The molecular weight excluding hydrogens is 274 g/mol. The van der Waals surface area contributed by atoms with Gasteiger partial charge in [-0.25, -0.2) is 4.98 Å². The lowest BCUT2D eigenvalue weighted by atomic mass is 10.0. The molecule has 0 amide bonds. The van der Waals surface area contributed by atoms with Crippen LogP contribution in [0.5, 0.6) is 0 Å². The van der Waals surface area contributed by atoms with E-state index in [1.165, 1.54) is 5.39 Å². The molecule has 2 aliphatic rings. The second kappa shape index (κ2) is 5.86. The highest BCUT2D eigenvalue weighted by molar-refractivity contribution is 5.80. The number of hydrogen-bond acceptors (Lipinski definition) is 4. The van der Waals surface area contributed by atoms with Crippen LogP contribution in [0.3, 0.4) is 0 Å². The Kier molecular flexibility index (Phi) is 3.72. The number of nitrogens with zero attached hydrogens (tertiary/aromatic N) is 3. The Hall–Kier alpha value is -1.65. The van der Waals surface area contributed by atoms with Gasteiger partial charge in [-0.2, -0.15) is 0 Å². The molecule has 4 rings (SSSR count). The molecule has 3 heterocycles. The van der Waals surface area contributed by atoms with Crippen molar-refractivity contribution in [3.63, 3.8) is 0 Å². The fourth-order valence-electron chi connectivity index (χ4n) is 3.75. The van der Waals surface area contributed by atoms with E-state index in [9.17, 15) is 0 Å². The van der Waals surface area contributed by atoms with Crippen LogP contribution in [0.25, 0.3) is 10.9 Å². The van der Waals surface area contributed by atoms with E-state index in [0.717, 1.165) is 50.7 Å². The van der Waals surface area contributed by atoms with Crippen molar-refractivity contribution in [3.8, 4) is 0 Å². The molecule has 2 unspecified atom stereocenters. The zero-order valence-electron chi connectivity index (χ0n) is 13.1. The van der Waals surface area contributed by atoms with Crippen molar-refractivity contribution in [2.75, 3.05) is 44.3 Å². The maximum absolute atomic E-state index is 5.49. The highest BCUT2D eigenvalue weighted by Crippen LogP contribution is 2.27. The topological polar surface area (TPSA) is 28.6 Å². The summed E-state index contributed by atoms with van der Waals surface area (Å²) in [5.41, 5.74) is 1.09. The number of ether oxygens (including phenoxy) is 1. The van der Waals surface area contributed by atoms with Crippen LogP contribution >= 0.6 is 0 Å². The van der Waals surface area contributed by atoms with Gasteiger partial charge in [-0.15, -0.1) is 0 Å². The smallest absolute Gasteiger partial charge is 0.129 e. The summed E-state index contributed by atoms with van der Waals surface area (Å²) < 4.78 is 5.49. The Bertz CT molecular complexity index is 654. The first-order chi connectivity index (χ1) is 10.8. The SMILES string of the molecule is CC1CN(c2ccc3ccccc3n2)CC1N1CCOCC1. The lowest BCUT2D eigenvalue weighted by Crippen LogP contribution is -2.46. The average Bonchev–Trinajstić information content (AvgIpc) is 2.97. The molecule has 2 aliphatic heterocycles. The summed E-state index contributed by atoms with van der Waals surface area (Å²) in [5.74, 6) is 1.78. The van der Waals surface area contributed by atoms with E-state index in [0.29, 0.717) is 12.0 Å². The maximum atomic E-state index is 5.49. The van der Waals surface area contributed by atoms with Crippen LogP contribution < -0.4 is 4.90 Å². The summed E-state index contributed by atoms with van der Waals surface area (Å²) in [6.07, 6.45) is 0. The molecular formula is C18H23N3O. The minimum atomic E-state index is 0.622. The summed E-state index contributed by atoms with van der Waals surface area (Å²) in [4.78, 5) is 9.89. The summed E-state index contributed by atoms with van der Waals surface area (Å²) in [5, 5.41) is 1.21. The van der Waals surface area contributed by atoms with Gasteiger partial charge in [-0.05, 0) is 24.1 Å². The molecule has 1 aromatic carbocycles. The third-order valence-corrected chi connectivity index (χ3v) is 5.00. The molecule has 22 heavy (non-hydrogen) atoms. The number of hydrogen-bond donors (Lipinski definition) is 0. The predicted molar refractivity (Wildman–Crippen MR) is 89.3 cm³/mol. The fraction of sp³-hybridized carbons (Fsp3) is 0.500. The van der Waals surface area contributed by atoms with Crippen molar-refractivity contribution in [2.24, 2.45) is 5.92 Å². The van der Waals surface area contributed by atoms with Gasteiger partial charge in [0.15, 0.2) is 0 Å². The molecule has 0 aliphatic carbocycles. The van der Waals surface area contributed by atoms with Gasteiger partial charge in [0.1, 0.15) is 5.82 Å². The molecule has 2 fully saturated rings. The van der Waals surface area contributed by atoms with Gasteiger partial charge in [0.25, 0.3) is 0 Å². The number of anilines is 1. The lowest BCUT2D eigenvalue weighted by molar-refractivity contribution is 0.0134. The monoisotopic (exact) mass is 297 g/mol. The number of para-hydroxylation sites is 1. The number of aromatic nitrogens is 1. The quantitative estimate of drug-likeness (QED) is 0.851. The zero-order chi connectivity index (χ0) is 14.9. The molecule has 0 bridgehead atoms. The second-order valence-electron chi connectivity index (χ2n) is 6.46. The number of rotatable bonds is 2. The van der Waals surface area contributed by atoms with Crippen molar-refractivity contribution in [1.29, 1.82) is 0 Å². The third-order valence-electron chi connectivity index (χ3n) is 5.00. The van der Waals surface area contributed by atoms with Gasteiger partial charge in [0, 0.05) is 37.6 Å². The van der Waals surface area contributed by atoms with Crippen molar-refractivity contribution in [3.05, 3.63) is 36.4 Å². The molecule has 0 radical (unpaired) electrons.